The van der Waals surface area contributed by atoms with Gasteiger partial charge in [0.25, 0.3) is 0 Å². The van der Waals surface area contributed by atoms with Gasteiger partial charge in [-0.05, 0) is 141 Å². The molecule has 1 amide bonds. The van der Waals surface area contributed by atoms with E-state index in [0.29, 0.717) is 54.0 Å². The minimum Gasteiger partial charge on any atom is -0.481 e. The topological polar surface area (TPSA) is 101 Å². The van der Waals surface area contributed by atoms with Gasteiger partial charge in [0.15, 0.2) is 5.78 Å². The first-order valence-electron chi connectivity index (χ1n) is 20.0. The molecule has 286 valence electrons. The molecule has 4 saturated carbocycles. The predicted octanol–water partition coefficient (Wildman–Crippen LogP) is 9.69. The van der Waals surface area contributed by atoms with Crippen molar-refractivity contribution < 1.29 is 29.0 Å². The number of fused-ring (bicyclic) bond motifs is 7. The van der Waals surface area contributed by atoms with Crippen molar-refractivity contribution in [3.63, 3.8) is 0 Å². The second-order valence-corrected chi connectivity index (χ2v) is 19.4. The molecule has 6 rings (SSSR count). The second-order valence-electron chi connectivity index (χ2n) is 19.0. The normalized spacial score (nSPS) is 35.7. The van der Waals surface area contributed by atoms with E-state index in [9.17, 15) is 24.3 Å². The van der Waals surface area contributed by atoms with Crippen LogP contribution in [0.3, 0.4) is 0 Å². The van der Waals surface area contributed by atoms with Crippen LogP contribution >= 0.6 is 11.6 Å². The molecule has 0 radical (unpaired) electrons. The highest BCUT2D eigenvalue weighted by Crippen LogP contribution is 2.72. The summed E-state index contributed by atoms with van der Waals surface area (Å²) in [5.41, 5.74) is 2.58. The largest absolute Gasteiger partial charge is 0.481 e. The number of rotatable bonds is 10. The van der Waals surface area contributed by atoms with Gasteiger partial charge in [-0.3, -0.25) is 19.2 Å². The summed E-state index contributed by atoms with van der Waals surface area (Å²) < 4.78 is 6.06. The lowest BCUT2D eigenvalue weighted by Crippen LogP contribution is -2.60. The summed E-state index contributed by atoms with van der Waals surface area (Å²) in [4.78, 5) is 53.5. The van der Waals surface area contributed by atoms with E-state index < -0.39 is 17.4 Å². The number of carbonyl (C=O) groups excluding carboxylic acids is 3. The molecule has 0 heterocycles. The maximum absolute atomic E-state index is 14.0. The number of ether oxygens (including phenoxy) is 1. The molecule has 0 bridgehead atoms. The van der Waals surface area contributed by atoms with E-state index in [1.54, 1.807) is 20.8 Å². The molecule has 8 heteroatoms. The molecular weight excluding hydrogens is 674 g/mol. The third kappa shape index (κ3) is 6.79. The van der Waals surface area contributed by atoms with Gasteiger partial charge in [0.1, 0.15) is 6.10 Å². The fourth-order valence-electron chi connectivity index (χ4n) is 12.7. The summed E-state index contributed by atoms with van der Waals surface area (Å²) in [5, 5.41) is 10.2. The zero-order chi connectivity index (χ0) is 38.0. The zero-order valence-corrected chi connectivity index (χ0v) is 33.6. The first-order chi connectivity index (χ1) is 24.3. The maximum Gasteiger partial charge on any atom is 0.309 e. The molecule has 7 nitrogen and oxygen atoms in total. The Hall–Kier alpha value is -2.67. The summed E-state index contributed by atoms with van der Waals surface area (Å²) in [6.45, 7) is 17.7. The molecule has 1 aromatic carbocycles. The number of carboxylic acids is 1. The highest BCUT2D eigenvalue weighted by atomic mass is 35.5. The maximum atomic E-state index is 14.0. The summed E-state index contributed by atoms with van der Waals surface area (Å²) in [6, 6.07) is 7.72. The predicted molar refractivity (Wildman–Crippen MR) is 203 cm³/mol. The molecule has 9 atom stereocenters. The van der Waals surface area contributed by atoms with Crippen molar-refractivity contribution in [1.82, 2.24) is 4.90 Å². The number of esters is 1. The van der Waals surface area contributed by atoms with Gasteiger partial charge in [0, 0.05) is 36.9 Å². The number of halogens is 1. The number of hydrogen-bond acceptors (Lipinski definition) is 5. The number of nitrogens with zero attached hydrogens (tertiary/aromatic N) is 1. The van der Waals surface area contributed by atoms with Crippen molar-refractivity contribution in [2.45, 2.75) is 139 Å². The number of hydrogen-bond donors (Lipinski definition) is 1. The molecule has 0 spiro atoms. The first kappa shape index (κ1) is 39.0. The van der Waals surface area contributed by atoms with Crippen molar-refractivity contribution in [2.24, 2.45) is 57.2 Å². The van der Waals surface area contributed by atoms with Crippen LogP contribution in [0.5, 0.6) is 0 Å². The van der Waals surface area contributed by atoms with Gasteiger partial charge < -0.3 is 14.7 Å². The molecule has 0 saturated heterocycles. The van der Waals surface area contributed by atoms with E-state index in [1.807, 2.05) is 29.2 Å². The molecule has 5 aliphatic carbocycles. The fraction of sp³-hybridized carbons (Fsp3) is 0.727. The van der Waals surface area contributed by atoms with Crippen LogP contribution < -0.4 is 0 Å². The van der Waals surface area contributed by atoms with Crippen LogP contribution in [0.1, 0.15) is 132 Å². The van der Waals surface area contributed by atoms with Crippen LogP contribution in [0.4, 0.5) is 0 Å². The second kappa shape index (κ2) is 14.2. The van der Waals surface area contributed by atoms with E-state index in [4.69, 9.17) is 16.3 Å². The van der Waals surface area contributed by atoms with Crippen molar-refractivity contribution in [2.75, 3.05) is 6.54 Å². The summed E-state index contributed by atoms with van der Waals surface area (Å²) in [5.74, 6) is 1.32. The van der Waals surface area contributed by atoms with Gasteiger partial charge in [0.05, 0.1) is 11.8 Å². The average Bonchev–Trinajstić information content (AvgIpc) is 3.37. The Morgan fingerprint density at radius 1 is 0.981 bits per heavy atom. The number of amides is 1. The lowest BCUT2D eigenvalue weighted by atomic mass is 9.38. The number of benzene rings is 1. The summed E-state index contributed by atoms with van der Waals surface area (Å²) in [6.07, 6.45) is 9.53. The highest BCUT2D eigenvalue weighted by molar-refractivity contribution is 6.30. The number of aliphatic carboxylic acids is 1. The van der Waals surface area contributed by atoms with Gasteiger partial charge in [0.2, 0.25) is 5.91 Å². The first-order valence-corrected chi connectivity index (χ1v) is 20.4. The van der Waals surface area contributed by atoms with Crippen molar-refractivity contribution >= 4 is 35.2 Å². The number of allylic oxidation sites excluding steroid dienone is 2. The Kier molecular flexibility index (Phi) is 10.7. The SMILES string of the molecule is CC(=O)N(CCC12CCC3C(CCC4C3(C)CCC3C(C)C(OC(=O)CC(C)(C)C(=O)O)CCC34C)C1=C(C(C)C)C(=O)C2)Cc1ccc(Cl)cc1. The van der Waals surface area contributed by atoms with Gasteiger partial charge in [-0.25, -0.2) is 0 Å². The standard InChI is InChI=1S/C44H62ClNO6/c1-26(2)38-34(48)23-44(21-22-46(28(4)47)25-29-9-11-30(45)12-10-29)20-16-33-31(39(38)44)13-14-36-42(7)19-17-35(27(3)32(42)15-18-43(33,36)8)52-37(49)24-41(5,6)40(50)51/h9-12,26-27,31-33,35-36H,13-25H2,1-8H3,(H,50,51). The minimum absolute atomic E-state index is 0.0554. The molecule has 9 unspecified atom stereocenters. The van der Waals surface area contributed by atoms with Gasteiger partial charge >= 0.3 is 11.9 Å². The third-order valence-electron chi connectivity index (χ3n) is 15.3. The summed E-state index contributed by atoms with van der Waals surface area (Å²) >= 11 is 6.14. The van der Waals surface area contributed by atoms with Crippen LogP contribution in [0.25, 0.3) is 0 Å². The van der Waals surface area contributed by atoms with E-state index in [2.05, 4.69) is 34.6 Å². The van der Waals surface area contributed by atoms with Crippen LogP contribution in [-0.4, -0.2) is 46.3 Å². The molecule has 1 aromatic rings. The monoisotopic (exact) mass is 735 g/mol. The van der Waals surface area contributed by atoms with Crippen molar-refractivity contribution in [1.29, 1.82) is 0 Å². The minimum atomic E-state index is -1.15. The van der Waals surface area contributed by atoms with E-state index in [0.717, 1.165) is 68.9 Å². The molecule has 0 aliphatic heterocycles. The number of ketones is 1. The third-order valence-corrected chi connectivity index (χ3v) is 15.6. The van der Waals surface area contributed by atoms with Crippen molar-refractivity contribution in [3.8, 4) is 0 Å². The Morgan fingerprint density at radius 2 is 1.62 bits per heavy atom. The van der Waals surface area contributed by atoms with Gasteiger partial charge in [-0.2, -0.15) is 0 Å². The molecule has 5 aliphatic rings. The average molecular weight is 736 g/mol. The Balaban J connectivity index is 1.22. The molecular formula is C44H62ClNO6. The lowest BCUT2D eigenvalue weighted by molar-refractivity contribution is -0.192. The smallest absolute Gasteiger partial charge is 0.309 e. The molecule has 4 fully saturated rings. The van der Waals surface area contributed by atoms with E-state index >= 15 is 0 Å². The van der Waals surface area contributed by atoms with Crippen LogP contribution in [0.2, 0.25) is 5.02 Å². The number of carbonyl (C=O) groups is 4. The number of carboxylic acid groups (broad SMARTS) is 1. The molecule has 1 N–H and O–H groups in total. The van der Waals surface area contributed by atoms with Gasteiger partial charge in [-0.1, -0.05) is 63.9 Å². The van der Waals surface area contributed by atoms with Crippen molar-refractivity contribution in [3.05, 3.63) is 46.0 Å². The van der Waals surface area contributed by atoms with Crippen LogP contribution in [0, 0.1) is 57.2 Å². The van der Waals surface area contributed by atoms with E-state index in [1.165, 1.54) is 5.57 Å². The van der Waals surface area contributed by atoms with Crippen LogP contribution in [-0.2, 0) is 30.5 Å². The Labute approximate surface area is 316 Å². The van der Waals surface area contributed by atoms with Crippen LogP contribution in [0.15, 0.2) is 35.4 Å². The highest BCUT2D eigenvalue weighted by Gasteiger charge is 2.65. The Morgan fingerprint density at radius 3 is 2.25 bits per heavy atom. The molecule has 0 aromatic heterocycles. The lowest BCUT2D eigenvalue weighted by Gasteiger charge is -2.67. The summed E-state index contributed by atoms with van der Waals surface area (Å²) in [7, 11) is 0. The Bertz CT molecular complexity index is 1610. The quantitative estimate of drug-likeness (QED) is 0.240. The zero-order valence-electron chi connectivity index (χ0n) is 32.9. The van der Waals surface area contributed by atoms with E-state index in [-0.39, 0.29) is 46.5 Å². The fourth-order valence-corrected chi connectivity index (χ4v) is 12.8. The number of Topliss-reactive ketones (excluding diaryl/α,β-unsaturated/α-hetero) is 1. The molecule has 52 heavy (non-hydrogen) atoms. The van der Waals surface area contributed by atoms with Gasteiger partial charge in [-0.15, -0.1) is 0 Å².